The average Bonchev–Trinajstić information content (AvgIpc) is 3.23. The zero-order valence-corrected chi connectivity index (χ0v) is 27.0. The smallest absolute Gasteiger partial charge is 0.342 e. The number of esters is 1. The van der Waals surface area contributed by atoms with Gasteiger partial charge in [-0.2, -0.15) is 0 Å². The molecule has 0 fully saturated rings. The Morgan fingerprint density at radius 3 is 2.31 bits per heavy atom. The van der Waals surface area contributed by atoms with E-state index in [9.17, 15) is 14.2 Å². The van der Waals surface area contributed by atoms with Crippen molar-refractivity contribution in [3.8, 4) is 11.5 Å². The molecule has 0 saturated heterocycles. The third-order valence-corrected chi connectivity index (χ3v) is 10.3. The predicted molar refractivity (Wildman–Crippen MR) is 156 cm³/mol. The van der Waals surface area contributed by atoms with E-state index in [1.807, 2.05) is 19.9 Å². The minimum Gasteiger partial charge on any atom is -0.496 e. The molecule has 220 valence electrons. The normalized spacial score (nSPS) is 13.8. The Labute approximate surface area is 234 Å². The second-order valence-corrected chi connectivity index (χ2v) is 18.7. The Hall–Kier alpha value is -2.13. The summed E-state index contributed by atoms with van der Waals surface area (Å²) in [5, 5.41) is 0. The van der Waals surface area contributed by atoms with Gasteiger partial charge < -0.3 is 28.2 Å². The highest BCUT2D eigenvalue weighted by Crippen LogP contribution is 2.47. The highest BCUT2D eigenvalue weighted by atomic mass is 31.2. The van der Waals surface area contributed by atoms with E-state index in [2.05, 4.69) is 19.6 Å². The van der Waals surface area contributed by atoms with Gasteiger partial charge in [0.05, 0.1) is 33.1 Å². The third kappa shape index (κ3) is 9.20. The molecule has 0 atom stereocenters. The molecule has 1 aliphatic rings. The number of carbonyl (C=O) groups is 2. The number of amides is 1. The zero-order chi connectivity index (χ0) is 29.4. The van der Waals surface area contributed by atoms with Crippen LogP contribution in [0.2, 0.25) is 25.7 Å². The van der Waals surface area contributed by atoms with Gasteiger partial charge >= 0.3 is 13.6 Å². The third-order valence-electron chi connectivity index (χ3n) is 6.56. The van der Waals surface area contributed by atoms with E-state index in [1.165, 1.54) is 6.92 Å². The molecule has 2 rings (SSSR count). The first-order chi connectivity index (χ1) is 18.3. The van der Waals surface area contributed by atoms with E-state index in [1.54, 1.807) is 25.9 Å². The van der Waals surface area contributed by atoms with Crippen LogP contribution < -0.4 is 9.47 Å². The molecule has 39 heavy (non-hydrogen) atoms. The van der Waals surface area contributed by atoms with Gasteiger partial charge in [-0.1, -0.05) is 31.3 Å². The van der Waals surface area contributed by atoms with E-state index < -0.39 is 15.7 Å². The van der Waals surface area contributed by atoms with Crippen LogP contribution in [0.1, 0.15) is 54.7 Å². The van der Waals surface area contributed by atoms with Crippen molar-refractivity contribution in [1.29, 1.82) is 0 Å². The van der Waals surface area contributed by atoms with Gasteiger partial charge in [0.25, 0.3) is 0 Å². The lowest BCUT2D eigenvalue weighted by molar-refractivity contribution is -0.128. The number of hydrogen-bond acceptors (Lipinski definition) is 8. The van der Waals surface area contributed by atoms with Gasteiger partial charge in [-0.05, 0) is 45.7 Å². The summed E-state index contributed by atoms with van der Waals surface area (Å²) in [6.07, 6.45) is 2.58. The van der Waals surface area contributed by atoms with Crippen LogP contribution in [0.4, 0.5) is 0 Å². The highest BCUT2D eigenvalue weighted by molar-refractivity contribution is 7.53. The largest absolute Gasteiger partial charge is 0.496 e. The van der Waals surface area contributed by atoms with Gasteiger partial charge in [0, 0.05) is 39.2 Å². The van der Waals surface area contributed by atoms with Crippen LogP contribution >= 0.6 is 7.60 Å². The lowest BCUT2D eigenvalue weighted by Crippen LogP contribution is -2.33. The summed E-state index contributed by atoms with van der Waals surface area (Å²) in [5.74, 6) is 0.690. The van der Waals surface area contributed by atoms with E-state index in [-0.39, 0.29) is 44.4 Å². The fourth-order valence-electron chi connectivity index (χ4n) is 4.42. The van der Waals surface area contributed by atoms with Crippen LogP contribution in [0.25, 0.3) is 0 Å². The zero-order valence-electron chi connectivity index (χ0n) is 25.1. The molecule has 1 aromatic rings. The lowest BCUT2D eigenvalue weighted by Gasteiger charge is -2.25. The molecule has 0 aliphatic carbocycles. The molecule has 0 N–H and O–H groups in total. The van der Waals surface area contributed by atoms with E-state index in [4.69, 9.17) is 23.3 Å². The number of allylic oxidation sites excluding steroid dienone is 1. The molecule has 0 unspecified atom stereocenters. The van der Waals surface area contributed by atoms with E-state index >= 15 is 0 Å². The van der Waals surface area contributed by atoms with Crippen molar-refractivity contribution in [3.63, 3.8) is 0 Å². The number of rotatable bonds is 16. The Kier molecular flexibility index (Phi) is 12.3. The molecule has 0 aromatic heterocycles. The SMILES string of the molecule is CCOP(=O)(CCN(C/C(C)=C/Cc1c(OC)c(C)c2c(c1OCC[Si](C)(C)C)C(=O)OC2)C(C)=O)OCC. The Bertz CT molecular complexity index is 1100. The molecule has 1 heterocycles. The maximum Gasteiger partial charge on any atom is 0.342 e. The topological polar surface area (TPSA) is 101 Å². The number of hydrogen-bond donors (Lipinski definition) is 0. The molecule has 1 aliphatic heterocycles. The molecule has 0 radical (unpaired) electrons. The minimum absolute atomic E-state index is 0.122. The summed E-state index contributed by atoms with van der Waals surface area (Å²) < 4.78 is 41.1. The van der Waals surface area contributed by atoms with Crippen molar-refractivity contribution in [3.05, 3.63) is 33.9 Å². The van der Waals surface area contributed by atoms with Crippen LogP contribution in [0, 0.1) is 6.92 Å². The van der Waals surface area contributed by atoms with Crippen molar-refractivity contribution in [2.24, 2.45) is 0 Å². The van der Waals surface area contributed by atoms with Gasteiger partial charge in [-0.25, -0.2) is 4.79 Å². The summed E-state index contributed by atoms with van der Waals surface area (Å²) in [4.78, 5) is 26.7. The molecular formula is C28H46NO8PSi. The van der Waals surface area contributed by atoms with Gasteiger partial charge in [-0.15, -0.1) is 0 Å². The van der Waals surface area contributed by atoms with Crippen LogP contribution in [0.5, 0.6) is 11.5 Å². The second-order valence-electron chi connectivity index (χ2n) is 10.9. The Morgan fingerprint density at radius 1 is 1.13 bits per heavy atom. The second kappa shape index (κ2) is 14.5. The summed E-state index contributed by atoms with van der Waals surface area (Å²) in [5.41, 5.74) is 3.88. The molecule has 0 bridgehead atoms. The van der Waals surface area contributed by atoms with Gasteiger partial charge in [-0.3, -0.25) is 9.36 Å². The lowest BCUT2D eigenvalue weighted by atomic mass is 9.94. The molecule has 1 amide bonds. The first-order valence-corrected chi connectivity index (χ1v) is 19.0. The molecule has 0 spiro atoms. The molecule has 1 aromatic carbocycles. The summed E-state index contributed by atoms with van der Waals surface area (Å²) in [7, 11) is -3.01. The number of fused-ring (bicyclic) bond motifs is 1. The van der Waals surface area contributed by atoms with Crippen LogP contribution in [-0.2, 0) is 36.2 Å². The maximum absolute atomic E-state index is 12.9. The monoisotopic (exact) mass is 583 g/mol. The number of carbonyl (C=O) groups excluding carboxylic acids is 2. The summed E-state index contributed by atoms with van der Waals surface area (Å²) in [6.45, 7) is 17.6. The highest BCUT2D eigenvalue weighted by Gasteiger charge is 2.33. The van der Waals surface area contributed by atoms with Crippen LogP contribution in [-0.4, -0.2) is 71.0 Å². The van der Waals surface area contributed by atoms with Crippen molar-refractivity contribution >= 4 is 27.5 Å². The summed E-state index contributed by atoms with van der Waals surface area (Å²) in [6, 6.07) is 0.947. The van der Waals surface area contributed by atoms with Gasteiger partial charge in [0.15, 0.2) is 0 Å². The number of cyclic esters (lactones) is 1. The predicted octanol–water partition coefficient (Wildman–Crippen LogP) is 5.99. The number of nitrogens with zero attached hydrogens (tertiary/aromatic N) is 1. The molecule has 9 nitrogen and oxygen atoms in total. The quantitative estimate of drug-likeness (QED) is 0.101. The maximum atomic E-state index is 12.9. The fourth-order valence-corrected chi connectivity index (χ4v) is 6.74. The standard InChI is InChI=1S/C28H46NO8PSi/c1-10-36-38(32,37-11-2)16-14-29(22(5)30)18-20(3)12-13-23-26(33-6)21(4)24-19-35-28(31)25(24)27(23)34-15-17-39(7,8)9/h12H,10-11,13-19H2,1-9H3/b20-12+. The van der Waals surface area contributed by atoms with E-state index in [0.29, 0.717) is 36.6 Å². The van der Waals surface area contributed by atoms with Crippen molar-refractivity contribution in [2.75, 3.05) is 46.2 Å². The Balaban J connectivity index is 2.33. The summed E-state index contributed by atoms with van der Waals surface area (Å²) >= 11 is 0. The fraction of sp³-hybridized carbons (Fsp3) is 0.643. The van der Waals surface area contributed by atoms with Crippen LogP contribution in [0.15, 0.2) is 11.6 Å². The van der Waals surface area contributed by atoms with E-state index in [0.717, 1.165) is 28.3 Å². The molecule has 11 heteroatoms. The van der Waals surface area contributed by atoms with Gasteiger partial charge in [0.1, 0.15) is 23.7 Å². The van der Waals surface area contributed by atoms with Crippen molar-refractivity contribution < 1.29 is 37.4 Å². The number of ether oxygens (including phenoxy) is 3. The van der Waals surface area contributed by atoms with Crippen molar-refractivity contribution in [1.82, 2.24) is 4.90 Å². The molecular weight excluding hydrogens is 537 g/mol. The number of methoxy groups -OCH3 is 1. The molecule has 0 saturated carbocycles. The van der Waals surface area contributed by atoms with Crippen molar-refractivity contribution in [2.45, 2.75) is 73.3 Å². The first kappa shape index (κ1) is 33.1. The first-order valence-electron chi connectivity index (χ1n) is 13.6. The number of benzene rings is 1. The van der Waals surface area contributed by atoms with Crippen LogP contribution in [0.3, 0.4) is 0 Å². The minimum atomic E-state index is -3.27. The van der Waals surface area contributed by atoms with Gasteiger partial charge in [0.2, 0.25) is 5.91 Å². The average molecular weight is 584 g/mol. The Morgan fingerprint density at radius 2 is 1.77 bits per heavy atom.